The van der Waals surface area contributed by atoms with Crippen LogP contribution in [0.1, 0.15) is 21.5 Å². The van der Waals surface area contributed by atoms with E-state index in [0.717, 1.165) is 5.56 Å². The molecule has 0 atom stereocenters. The molecule has 5 heteroatoms. The van der Waals surface area contributed by atoms with Crippen molar-refractivity contribution in [3.05, 3.63) is 65.2 Å². The molecule has 2 aromatic carbocycles. The van der Waals surface area contributed by atoms with E-state index in [9.17, 15) is 9.59 Å². The third kappa shape index (κ3) is 4.09. The third-order valence-electron chi connectivity index (χ3n) is 3.04. The molecule has 0 aromatic heterocycles. The third-order valence-corrected chi connectivity index (χ3v) is 3.04. The lowest BCUT2D eigenvalue weighted by Gasteiger charge is -2.12. The van der Waals surface area contributed by atoms with Gasteiger partial charge in [0.15, 0.2) is 0 Å². The van der Waals surface area contributed by atoms with Crippen LogP contribution in [0.5, 0.6) is 5.75 Å². The Labute approximate surface area is 128 Å². The molecule has 5 nitrogen and oxygen atoms in total. The van der Waals surface area contributed by atoms with Crippen LogP contribution in [0.15, 0.2) is 48.5 Å². The number of methoxy groups -OCH3 is 1. The zero-order valence-electron chi connectivity index (χ0n) is 12.1. The Morgan fingerprint density at radius 3 is 2.41 bits per heavy atom. The summed E-state index contributed by atoms with van der Waals surface area (Å²) in [6.07, 6.45) is -0.136. The van der Waals surface area contributed by atoms with Gasteiger partial charge in [-0.05, 0) is 23.3 Å². The number of hydrogen-bond acceptors (Lipinski definition) is 4. The van der Waals surface area contributed by atoms with E-state index in [2.05, 4.69) is 0 Å². The van der Waals surface area contributed by atoms with Crippen LogP contribution in [0, 0.1) is 0 Å². The SMILES string of the molecule is COC(=O)c1ccc(CC(=O)O)cc1OCc1ccccc1. The predicted molar refractivity (Wildman–Crippen MR) is 79.9 cm³/mol. The molecule has 22 heavy (non-hydrogen) atoms. The van der Waals surface area contributed by atoms with Crippen molar-refractivity contribution in [2.45, 2.75) is 13.0 Å². The first kappa shape index (κ1) is 15.6. The highest BCUT2D eigenvalue weighted by molar-refractivity contribution is 5.92. The second-order valence-corrected chi connectivity index (χ2v) is 4.67. The lowest BCUT2D eigenvalue weighted by molar-refractivity contribution is -0.136. The molecule has 0 aliphatic heterocycles. The average molecular weight is 300 g/mol. The molecule has 0 aliphatic rings. The number of carbonyl (C=O) groups is 2. The van der Waals surface area contributed by atoms with E-state index in [1.807, 2.05) is 30.3 Å². The zero-order valence-corrected chi connectivity index (χ0v) is 12.1. The van der Waals surface area contributed by atoms with E-state index < -0.39 is 11.9 Å². The van der Waals surface area contributed by atoms with Crippen molar-refractivity contribution in [3.63, 3.8) is 0 Å². The Balaban J connectivity index is 2.24. The topological polar surface area (TPSA) is 72.8 Å². The first-order valence-corrected chi connectivity index (χ1v) is 6.70. The first-order valence-electron chi connectivity index (χ1n) is 6.70. The van der Waals surface area contributed by atoms with Crippen molar-refractivity contribution < 1.29 is 24.2 Å². The summed E-state index contributed by atoms with van der Waals surface area (Å²) in [4.78, 5) is 22.6. The Hall–Kier alpha value is -2.82. The Morgan fingerprint density at radius 1 is 1.05 bits per heavy atom. The normalized spacial score (nSPS) is 10.0. The van der Waals surface area contributed by atoms with E-state index in [1.165, 1.54) is 13.2 Å². The summed E-state index contributed by atoms with van der Waals surface area (Å²) in [5.74, 6) is -1.15. The first-order chi connectivity index (χ1) is 10.6. The van der Waals surface area contributed by atoms with E-state index in [0.29, 0.717) is 11.3 Å². The number of benzene rings is 2. The molecule has 0 aliphatic carbocycles. The zero-order chi connectivity index (χ0) is 15.9. The van der Waals surface area contributed by atoms with Crippen molar-refractivity contribution in [1.29, 1.82) is 0 Å². The maximum Gasteiger partial charge on any atom is 0.341 e. The number of rotatable bonds is 6. The van der Waals surface area contributed by atoms with E-state index in [4.69, 9.17) is 14.6 Å². The van der Waals surface area contributed by atoms with Gasteiger partial charge in [0.25, 0.3) is 0 Å². The van der Waals surface area contributed by atoms with Crippen LogP contribution in [0.25, 0.3) is 0 Å². The summed E-state index contributed by atoms with van der Waals surface area (Å²) in [6.45, 7) is 0.279. The fourth-order valence-electron chi connectivity index (χ4n) is 1.98. The van der Waals surface area contributed by atoms with Gasteiger partial charge in [-0.2, -0.15) is 0 Å². The summed E-state index contributed by atoms with van der Waals surface area (Å²) in [5, 5.41) is 8.86. The highest BCUT2D eigenvalue weighted by atomic mass is 16.5. The predicted octanol–water partition coefficient (Wildman–Crippen LogP) is 2.68. The van der Waals surface area contributed by atoms with Gasteiger partial charge in [-0.15, -0.1) is 0 Å². The van der Waals surface area contributed by atoms with Gasteiger partial charge in [0.1, 0.15) is 17.9 Å². The largest absolute Gasteiger partial charge is 0.488 e. The quantitative estimate of drug-likeness (QED) is 0.830. The van der Waals surface area contributed by atoms with Crippen LogP contribution in [0.3, 0.4) is 0 Å². The van der Waals surface area contributed by atoms with E-state index in [1.54, 1.807) is 12.1 Å². The summed E-state index contributed by atoms with van der Waals surface area (Å²) in [6, 6.07) is 14.1. The molecule has 0 radical (unpaired) electrons. The van der Waals surface area contributed by atoms with E-state index >= 15 is 0 Å². The standard InChI is InChI=1S/C17H16O5/c1-21-17(20)14-8-7-13(10-16(18)19)9-15(14)22-11-12-5-3-2-4-6-12/h2-9H,10-11H2,1H3,(H,18,19). The smallest absolute Gasteiger partial charge is 0.341 e. The molecule has 0 unspecified atom stereocenters. The minimum Gasteiger partial charge on any atom is -0.488 e. The summed E-state index contributed by atoms with van der Waals surface area (Å²) >= 11 is 0. The van der Waals surface area contributed by atoms with Gasteiger partial charge in [0.05, 0.1) is 13.5 Å². The van der Waals surface area contributed by atoms with Crippen molar-refractivity contribution in [2.24, 2.45) is 0 Å². The Bertz CT molecular complexity index is 664. The van der Waals surface area contributed by atoms with Crippen LogP contribution in [-0.2, 0) is 22.6 Å². The maximum atomic E-state index is 11.8. The summed E-state index contributed by atoms with van der Waals surface area (Å²) in [5.41, 5.74) is 1.78. The van der Waals surface area contributed by atoms with Gasteiger partial charge in [0, 0.05) is 0 Å². The minimum atomic E-state index is -0.945. The fourth-order valence-corrected chi connectivity index (χ4v) is 1.98. The number of ether oxygens (including phenoxy) is 2. The number of carbonyl (C=O) groups excluding carboxylic acids is 1. The van der Waals surface area contributed by atoms with Crippen LogP contribution < -0.4 is 4.74 Å². The lowest BCUT2D eigenvalue weighted by Crippen LogP contribution is -2.08. The molecule has 0 spiro atoms. The average Bonchev–Trinajstić information content (AvgIpc) is 2.53. The molecule has 2 rings (SSSR count). The molecule has 0 fully saturated rings. The van der Waals surface area contributed by atoms with Crippen LogP contribution in [0.4, 0.5) is 0 Å². The molecule has 0 saturated heterocycles. The molecule has 114 valence electrons. The minimum absolute atomic E-state index is 0.136. The summed E-state index contributed by atoms with van der Waals surface area (Å²) < 4.78 is 10.4. The van der Waals surface area contributed by atoms with Crippen molar-refractivity contribution in [2.75, 3.05) is 7.11 Å². The van der Waals surface area contributed by atoms with Crippen molar-refractivity contribution in [1.82, 2.24) is 0 Å². The molecule has 1 N–H and O–H groups in total. The fraction of sp³-hybridized carbons (Fsp3) is 0.176. The van der Waals surface area contributed by atoms with Gasteiger partial charge in [0.2, 0.25) is 0 Å². The number of esters is 1. The molecule has 0 saturated carbocycles. The molecule has 0 amide bonds. The number of aliphatic carboxylic acids is 1. The van der Waals surface area contributed by atoms with Gasteiger partial charge >= 0.3 is 11.9 Å². The van der Waals surface area contributed by atoms with Crippen LogP contribution >= 0.6 is 0 Å². The molecular formula is C17H16O5. The highest BCUT2D eigenvalue weighted by Crippen LogP contribution is 2.23. The van der Waals surface area contributed by atoms with Crippen molar-refractivity contribution >= 4 is 11.9 Å². The Kier molecular flexibility index (Phi) is 5.14. The van der Waals surface area contributed by atoms with Gasteiger partial charge in [-0.3, -0.25) is 4.79 Å². The highest BCUT2D eigenvalue weighted by Gasteiger charge is 2.15. The monoisotopic (exact) mass is 300 g/mol. The van der Waals surface area contributed by atoms with Gasteiger partial charge < -0.3 is 14.6 Å². The van der Waals surface area contributed by atoms with Gasteiger partial charge in [-0.1, -0.05) is 36.4 Å². The maximum absolute atomic E-state index is 11.8. The number of carboxylic acid groups (broad SMARTS) is 1. The second kappa shape index (κ2) is 7.26. The molecule has 2 aromatic rings. The number of hydrogen-bond donors (Lipinski definition) is 1. The van der Waals surface area contributed by atoms with E-state index in [-0.39, 0.29) is 18.6 Å². The van der Waals surface area contributed by atoms with Crippen LogP contribution in [-0.4, -0.2) is 24.2 Å². The van der Waals surface area contributed by atoms with Gasteiger partial charge in [-0.25, -0.2) is 4.79 Å². The van der Waals surface area contributed by atoms with Crippen LogP contribution in [0.2, 0.25) is 0 Å². The Morgan fingerprint density at radius 2 is 1.77 bits per heavy atom. The molecule has 0 heterocycles. The molecule has 0 bridgehead atoms. The van der Waals surface area contributed by atoms with Crippen molar-refractivity contribution in [3.8, 4) is 5.75 Å². The number of carboxylic acids is 1. The second-order valence-electron chi connectivity index (χ2n) is 4.67. The molecular weight excluding hydrogens is 284 g/mol. The lowest BCUT2D eigenvalue weighted by atomic mass is 10.1. The summed E-state index contributed by atoms with van der Waals surface area (Å²) in [7, 11) is 1.29.